The number of amides is 1. The first-order valence-corrected chi connectivity index (χ1v) is 13.5. The van der Waals surface area contributed by atoms with Crippen molar-refractivity contribution in [2.75, 3.05) is 47.1 Å². The maximum Gasteiger partial charge on any atom is 0.250 e. The van der Waals surface area contributed by atoms with Crippen LogP contribution in [0.5, 0.6) is 5.75 Å². The summed E-state index contributed by atoms with van der Waals surface area (Å²) in [5, 5.41) is 15.2. The van der Waals surface area contributed by atoms with Crippen molar-refractivity contribution in [1.29, 1.82) is 0 Å². The van der Waals surface area contributed by atoms with E-state index in [-0.39, 0.29) is 17.5 Å². The van der Waals surface area contributed by atoms with E-state index in [1.807, 2.05) is 17.0 Å². The lowest BCUT2D eigenvalue weighted by atomic mass is 9.76. The Morgan fingerprint density at radius 3 is 2.61 bits per heavy atom. The molecule has 208 valence electrons. The van der Waals surface area contributed by atoms with Crippen molar-refractivity contribution in [1.82, 2.24) is 14.8 Å². The van der Waals surface area contributed by atoms with E-state index in [2.05, 4.69) is 11.4 Å². The highest BCUT2D eigenvalue weighted by Gasteiger charge is 2.48. The predicted molar refractivity (Wildman–Crippen MR) is 144 cm³/mol. The SMILES string of the molecule is COCCCc1cc(CN(C(=O)[C@H]2CNCC[C@]2(O)c2ccc(=O)n(C)c2)C2CC2)cc(OCCOC)c1. The smallest absolute Gasteiger partial charge is 0.250 e. The molecule has 2 heterocycles. The van der Waals surface area contributed by atoms with Crippen LogP contribution in [0.15, 0.2) is 41.3 Å². The number of pyridine rings is 1. The molecule has 0 unspecified atom stereocenters. The Morgan fingerprint density at radius 1 is 1.13 bits per heavy atom. The molecule has 1 aromatic carbocycles. The molecule has 0 radical (unpaired) electrons. The molecule has 4 rings (SSSR count). The molecule has 38 heavy (non-hydrogen) atoms. The van der Waals surface area contributed by atoms with E-state index in [0.717, 1.165) is 42.6 Å². The van der Waals surface area contributed by atoms with E-state index in [9.17, 15) is 14.7 Å². The molecule has 1 amide bonds. The van der Waals surface area contributed by atoms with Gasteiger partial charge in [-0.3, -0.25) is 9.59 Å². The fourth-order valence-corrected chi connectivity index (χ4v) is 5.24. The van der Waals surface area contributed by atoms with Gasteiger partial charge in [0, 0.05) is 64.8 Å². The number of nitrogens with one attached hydrogen (secondary N) is 1. The first-order chi connectivity index (χ1) is 18.4. The van der Waals surface area contributed by atoms with Crippen molar-refractivity contribution >= 4 is 5.91 Å². The molecule has 1 saturated heterocycles. The number of benzene rings is 1. The van der Waals surface area contributed by atoms with Crippen LogP contribution in [0.25, 0.3) is 0 Å². The zero-order valence-corrected chi connectivity index (χ0v) is 22.8. The van der Waals surface area contributed by atoms with E-state index >= 15 is 0 Å². The zero-order valence-electron chi connectivity index (χ0n) is 22.8. The number of aliphatic hydroxyl groups is 1. The summed E-state index contributed by atoms with van der Waals surface area (Å²) in [6.07, 6.45) is 5.70. The maximum atomic E-state index is 14.1. The van der Waals surface area contributed by atoms with Gasteiger partial charge >= 0.3 is 0 Å². The topological polar surface area (TPSA) is 102 Å². The third kappa shape index (κ3) is 6.83. The van der Waals surface area contributed by atoms with Crippen LogP contribution in [0.1, 0.15) is 42.4 Å². The summed E-state index contributed by atoms with van der Waals surface area (Å²) in [6.45, 7) is 3.04. The number of rotatable bonds is 13. The highest BCUT2D eigenvalue weighted by atomic mass is 16.5. The van der Waals surface area contributed by atoms with E-state index in [1.165, 1.54) is 10.6 Å². The van der Waals surface area contributed by atoms with Crippen LogP contribution in [0, 0.1) is 5.92 Å². The molecule has 1 aromatic heterocycles. The minimum absolute atomic E-state index is 0.0670. The molecule has 2 N–H and O–H groups in total. The van der Waals surface area contributed by atoms with Gasteiger partial charge in [0.05, 0.1) is 12.5 Å². The fourth-order valence-electron chi connectivity index (χ4n) is 5.24. The molecule has 0 bridgehead atoms. The monoisotopic (exact) mass is 527 g/mol. The van der Waals surface area contributed by atoms with Gasteiger partial charge in [0.15, 0.2) is 0 Å². The van der Waals surface area contributed by atoms with Crippen molar-refractivity contribution in [2.24, 2.45) is 13.0 Å². The van der Waals surface area contributed by atoms with Crippen LogP contribution in [0.3, 0.4) is 0 Å². The second kappa shape index (κ2) is 12.9. The number of piperidine rings is 1. The number of nitrogens with zero attached hydrogens (tertiary/aromatic N) is 2. The van der Waals surface area contributed by atoms with Gasteiger partial charge in [0.2, 0.25) is 11.5 Å². The minimum Gasteiger partial charge on any atom is -0.491 e. The predicted octanol–water partition coefficient (Wildman–Crippen LogP) is 1.98. The van der Waals surface area contributed by atoms with Gasteiger partial charge in [-0.25, -0.2) is 0 Å². The second-order valence-electron chi connectivity index (χ2n) is 10.4. The van der Waals surface area contributed by atoms with Gasteiger partial charge in [-0.05, 0) is 68.0 Å². The molecule has 2 fully saturated rings. The van der Waals surface area contributed by atoms with Crippen LogP contribution in [-0.2, 0) is 39.9 Å². The fraction of sp³-hybridized carbons (Fsp3) is 0.586. The molecule has 9 nitrogen and oxygen atoms in total. The highest BCUT2D eigenvalue weighted by molar-refractivity contribution is 5.81. The van der Waals surface area contributed by atoms with Crippen molar-refractivity contribution in [3.05, 3.63) is 63.6 Å². The van der Waals surface area contributed by atoms with Crippen molar-refractivity contribution in [3.8, 4) is 5.75 Å². The van der Waals surface area contributed by atoms with Gasteiger partial charge < -0.3 is 34.1 Å². The number of carbonyl (C=O) groups is 1. The number of methoxy groups -OCH3 is 2. The van der Waals surface area contributed by atoms with Crippen LogP contribution < -0.4 is 15.6 Å². The van der Waals surface area contributed by atoms with Crippen LogP contribution in [0.4, 0.5) is 0 Å². The Balaban J connectivity index is 1.59. The van der Waals surface area contributed by atoms with Gasteiger partial charge in [-0.2, -0.15) is 0 Å². The Bertz CT molecular complexity index is 1120. The molecule has 1 aliphatic heterocycles. The van der Waals surface area contributed by atoms with E-state index in [0.29, 0.717) is 51.4 Å². The summed E-state index contributed by atoms with van der Waals surface area (Å²) in [5.41, 5.74) is 1.24. The second-order valence-corrected chi connectivity index (χ2v) is 10.4. The van der Waals surface area contributed by atoms with Crippen molar-refractivity contribution in [2.45, 2.75) is 50.3 Å². The summed E-state index contributed by atoms with van der Waals surface area (Å²) in [4.78, 5) is 28.0. The first kappa shape index (κ1) is 28.3. The summed E-state index contributed by atoms with van der Waals surface area (Å²) in [7, 11) is 5.01. The number of hydrogen-bond acceptors (Lipinski definition) is 7. The number of carbonyl (C=O) groups excluding carboxylic acids is 1. The highest BCUT2D eigenvalue weighted by Crippen LogP contribution is 2.39. The summed E-state index contributed by atoms with van der Waals surface area (Å²) < 4.78 is 17.8. The maximum absolute atomic E-state index is 14.1. The third-order valence-electron chi connectivity index (χ3n) is 7.51. The molecular formula is C29H41N3O6. The summed E-state index contributed by atoms with van der Waals surface area (Å²) in [6, 6.07) is 9.44. The number of aryl methyl sites for hydroxylation is 2. The molecule has 1 aliphatic carbocycles. The molecule has 2 atom stereocenters. The molecule has 2 aliphatic rings. The number of aromatic nitrogens is 1. The zero-order chi connectivity index (χ0) is 27.1. The summed E-state index contributed by atoms with van der Waals surface area (Å²) >= 11 is 0. The Labute approximate surface area is 224 Å². The van der Waals surface area contributed by atoms with Gasteiger partial charge in [0.25, 0.3) is 0 Å². The molecule has 0 spiro atoms. The molecule has 1 saturated carbocycles. The van der Waals surface area contributed by atoms with Crippen molar-refractivity contribution in [3.63, 3.8) is 0 Å². The number of hydrogen-bond donors (Lipinski definition) is 2. The van der Waals surface area contributed by atoms with Gasteiger partial charge in [0.1, 0.15) is 18.0 Å². The van der Waals surface area contributed by atoms with E-state index in [4.69, 9.17) is 14.2 Å². The lowest BCUT2D eigenvalue weighted by Gasteiger charge is -2.42. The first-order valence-electron chi connectivity index (χ1n) is 13.5. The summed E-state index contributed by atoms with van der Waals surface area (Å²) in [5.74, 6) is 0.0376. The molecular weight excluding hydrogens is 486 g/mol. The Morgan fingerprint density at radius 2 is 1.89 bits per heavy atom. The third-order valence-corrected chi connectivity index (χ3v) is 7.51. The lowest BCUT2D eigenvalue weighted by Crippen LogP contribution is -2.55. The quantitative estimate of drug-likeness (QED) is 0.384. The normalized spacial score (nSPS) is 21.3. The number of ether oxygens (including phenoxy) is 3. The average molecular weight is 528 g/mol. The van der Waals surface area contributed by atoms with Crippen LogP contribution in [0.2, 0.25) is 0 Å². The molecule has 9 heteroatoms. The molecule has 2 aromatic rings. The van der Waals surface area contributed by atoms with Crippen molar-refractivity contribution < 1.29 is 24.1 Å². The van der Waals surface area contributed by atoms with Gasteiger partial charge in [-0.15, -0.1) is 0 Å². The van der Waals surface area contributed by atoms with E-state index in [1.54, 1.807) is 33.5 Å². The van der Waals surface area contributed by atoms with E-state index < -0.39 is 11.5 Å². The average Bonchev–Trinajstić information content (AvgIpc) is 3.74. The van der Waals surface area contributed by atoms with Crippen LogP contribution >= 0.6 is 0 Å². The Hall–Kier alpha value is -2.72. The van der Waals surface area contributed by atoms with Crippen LogP contribution in [-0.4, -0.2) is 73.7 Å². The lowest BCUT2D eigenvalue weighted by molar-refractivity contribution is -0.150. The largest absolute Gasteiger partial charge is 0.491 e. The standard InChI is InChI=1S/C29H41N3O6/c1-31-20-23(6-9-27(31)33)29(35)10-11-30-18-26(29)28(34)32(24-7-8-24)19-22-15-21(5-4-12-36-2)16-25(17-22)38-14-13-37-3/h6,9,15-17,20,24,26,30,35H,4-5,7-8,10-14,18-19H2,1-3H3/t26-,29+/m1/s1. The van der Waals surface area contributed by atoms with Gasteiger partial charge in [-0.1, -0.05) is 6.07 Å². The minimum atomic E-state index is -1.35. The Kier molecular flexibility index (Phi) is 9.59.